The molecule has 0 aliphatic carbocycles. The maximum atomic E-state index is 14.6. The van der Waals surface area contributed by atoms with Crippen LogP contribution in [0.3, 0.4) is 0 Å². The van der Waals surface area contributed by atoms with E-state index in [9.17, 15) is 29.2 Å². The Bertz CT molecular complexity index is 1440. The number of carbonyl (C=O) groups excluding carboxylic acids is 2. The maximum Gasteiger partial charge on any atom is 0.271 e. The molecule has 5 rings (SSSR count). The maximum absolute atomic E-state index is 14.6. The van der Waals surface area contributed by atoms with Crippen molar-refractivity contribution in [2.75, 3.05) is 16.6 Å². The van der Waals surface area contributed by atoms with Crippen LogP contribution in [0.1, 0.15) is 18.5 Å². The highest BCUT2D eigenvalue weighted by Crippen LogP contribution is 2.50. The number of nitro benzene ring substituents is 1. The molecule has 0 radical (unpaired) electrons. The van der Waals surface area contributed by atoms with Crippen molar-refractivity contribution in [1.29, 1.82) is 0 Å². The lowest BCUT2D eigenvalue weighted by Gasteiger charge is -2.29. The highest BCUT2D eigenvalue weighted by Gasteiger charge is 2.60. The molecule has 2 amide bonds. The normalized spacial score (nSPS) is 20.9. The van der Waals surface area contributed by atoms with Gasteiger partial charge in [-0.1, -0.05) is 18.2 Å². The summed E-state index contributed by atoms with van der Waals surface area (Å²) in [6.07, 6.45) is -1.32. The number of phenolic OH excluding ortho intramolecular Hbond substituents is 1. The van der Waals surface area contributed by atoms with Gasteiger partial charge in [0.2, 0.25) is 5.91 Å². The summed E-state index contributed by atoms with van der Waals surface area (Å²) >= 11 is 3.29. The van der Waals surface area contributed by atoms with Crippen LogP contribution in [0.25, 0.3) is 0 Å². The molecule has 1 N–H and O–H groups in total. The van der Waals surface area contributed by atoms with Crippen LogP contribution < -0.4 is 14.7 Å². The number of halogens is 2. The summed E-state index contributed by atoms with van der Waals surface area (Å²) in [6, 6.07) is 13.1. The average molecular weight is 572 g/mol. The van der Waals surface area contributed by atoms with Gasteiger partial charge in [-0.15, -0.1) is 0 Å². The van der Waals surface area contributed by atoms with Crippen LogP contribution in [0.4, 0.5) is 21.5 Å². The van der Waals surface area contributed by atoms with Crippen molar-refractivity contribution in [2.24, 2.45) is 5.92 Å². The van der Waals surface area contributed by atoms with E-state index in [-0.39, 0.29) is 39.6 Å². The lowest BCUT2D eigenvalue weighted by atomic mass is 9.90. The molecule has 0 saturated carbocycles. The molecule has 2 fully saturated rings. The molecule has 0 aromatic heterocycles. The van der Waals surface area contributed by atoms with Gasteiger partial charge in [-0.3, -0.25) is 24.5 Å². The second-order valence-electron chi connectivity index (χ2n) is 8.35. The lowest BCUT2D eigenvalue weighted by molar-refractivity contribution is -0.384. The molecule has 2 aliphatic heterocycles. The highest BCUT2D eigenvalue weighted by atomic mass is 79.9. The van der Waals surface area contributed by atoms with Crippen LogP contribution in [-0.4, -0.2) is 34.6 Å². The number of benzene rings is 3. The molecule has 2 aliphatic rings. The Balaban J connectivity index is 1.65. The third-order valence-electron chi connectivity index (χ3n) is 6.20. The van der Waals surface area contributed by atoms with Crippen LogP contribution in [0.15, 0.2) is 65.1 Å². The van der Waals surface area contributed by atoms with E-state index in [2.05, 4.69) is 15.9 Å². The number of fused-ring (bicyclic) bond motifs is 1. The molecule has 10 nitrogen and oxygen atoms in total. The second-order valence-corrected chi connectivity index (χ2v) is 9.20. The number of imide groups is 1. The van der Waals surface area contributed by atoms with Crippen molar-refractivity contribution in [3.8, 4) is 11.5 Å². The van der Waals surface area contributed by atoms with Gasteiger partial charge in [0, 0.05) is 12.1 Å². The van der Waals surface area contributed by atoms with Crippen molar-refractivity contribution in [3.05, 3.63) is 86.6 Å². The Kier molecular flexibility index (Phi) is 6.30. The quantitative estimate of drug-likeness (QED) is 0.257. The van der Waals surface area contributed by atoms with E-state index in [0.717, 1.165) is 11.0 Å². The average Bonchev–Trinajstić information content (AvgIpc) is 3.38. The van der Waals surface area contributed by atoms with Gasteiger partial charge in [-0.05, 0) is 58.7 Å². The fourth-order valence-electron chi connectivity index (χ4n) is 4.62. The summed E-state index contributed by atoms with van der Waals surface area (Å²) < 4.78 is 20.4. The molecule has 12 heteroatoms. The smallest absolute Gasteiger partial charge is 0.271 e. The summed E-state index contributed by atoms with van der Waals surface area (Å²) in [5.41, 5.74) is 0.236. The second kappa shape index (κ2) is 9.45. The van der Waals surface area contributed by atoms with Gasteiger partial charge in [0.15, 0.2) is 17.6 Å². The van der Waals surface area contributed by atoms with Gasteiger partial charge in [-0.2, -0.15) is 0 Å². The fourth-order valence-corrected chi connectivity index (χ4v) is 5.08. The minimum Gasteiger partial charge on any atom is -0.503 e. The van der Waals surface area contributed by atoms with E-state index in [4.69, 9.17) is 9.57 Å². The molecule has 2 saturated heterocycles. The number of anilines is 2. The van der Waals surface area contributed by atoms with Crippen LogP contribution in [0.2, 0.25) is 0 Å². The van der Waals surface area contributed by atoms with Crippen LogP contribution in [0, 0.1) is 21.8 Å². The van der Waals surface area contributed by atoms with Gasteiger partial charge in [-0.25, -0.2) is 14.4 Å². The lowest BCUT2D eigenvalue weighted by Crippen LogP contribution is -2.37. The van der Waals surface area contributed by atoms with E-state index < -0.39 is 40.6 Å². The minimum absolute atomic E-state index is 0.122. The van der Waals surface area contributed by atoms with E-state index in [1.165, 1.54) is 47.5 Å². The molecule has 0 spiro atoms. The fraction of sp³-hybridized carbons (Fsp3) is 0.200. The Hall–Kier alpha value is -4.03. The van der Waals surface area contributed by atoms with Crippen LogP contribution in [-0.2, 0) is 14.4 Å². The number of amides is 2. The summed E-state index contributed by atoms with van der Waals surface area (Å²) in [5, 5.41) is 23.1. The standard InChI is InChI=1S/C25H19BrFN3O7/c1-2-36-19-11-13(10-16(26)22(19)31)21-20-23(37-29(21)14-6-5-7-15(12-14)30(34)35)25(33)28(24(20)32)18-9-4-3-8-17(18)27/h3-12,20-21,23,31H,2H2,1H3/t20-,21+,23-/m1/s1. The predicted molar refractivity (Wildman–Crippen MR) is 133 cm³/mol. The van der Waals surface area contributed by atoms with E-state index in [1.54, 1.807) is 19.1 Å². The first-order valence-electron chi connectivity index (χ1n) is 11.2. The monoisotopic (exact) mass is 571 g/mol. The number of phenols is 1. The summed E-state index contributed by atoms with van der Waals surface area (Å²) in [7, 11) is 0. The van der Waals surface area contributed by atoms with Gasteiger partial charge < -0.3 is 9.84 Å². The molecule has 190 valence electrons. The minimum atomic E-state index is -1.32. The van der Waals surface area contributed by atoms with E-state index in [1.807, 2.05) is 0 Å². The van der Waals surface area contributed by atoms with Crippen LogP contribution in [0.5, 0.6) is 11.5 Å². The summed E-state index contributed by atoms with van der Waals surface area (Å²) in [6.45, 7) is 1.97. The molecular weight excluding hydrogens is 553 g/mol. The molecular formula is C25H19BrFN3O7. The Labute approximate surface area is 218 Å². The molecule has 0 unspecified atom stereocenters. The summed E-state index contributed by atoms with van der Waals surface area (Å²) in [5.74, 6) is -3.37. The third kappa shape index (κ3) is 4.07. The number of nitro groups is 1. The highest BCUT2D eigenvalue weighted by molar-refractivity contribution is 9.10. The van der Waals surface area contributed by atoms with Crippen molar-refractivity contribution in [3.63, 3.8) is 0 Å². The topological polar surface area (TPSA) is 122 Å². The number of nitrogens with zero attached hydrogens (tertiary/aromatic N) is 3. The molecule has 3 aromatic carbocycles. The Morgan fingerprint density at radius 3 is 2.59 bits per heavy atom. The first-order valence-corrected chi connectivity index (χ1v) is 12.0. The number of ether oxygens (including phenoxy) is 1. The van der Waals surface area contributed by atoms with Crippen molar-refractivity contribution in [1.82, 2.24) is 0 Å². The first kappa shape index (κ1) is 24.7. The number of non-ortho nitro benzene ring substituents is 1. The molecule has 37 heavy (non-hydrogen) atoms. The largest absolute Gasteiger partial charge is 0.503 e. The third-order valence-corrected chi connectivity index (χ3v) is 6.80. The number of carbonyl (C=O) groups is 2. The molecule has 3 aromatic rings. The molecule has 3 atom stereocenters. The number of hydrogen-bond donors (Lipinski definition) is 1. The molecule has 0 bridgehead atoms. The predicted octanol–water partition coefficient (Wildman–Crippen LogP) is 4.65. The van der Waals surface area contributed by atoms with Crippen molar-refractivity contribution in [2.45, 2.75) is 19.1 Å². The number of hydroxylamine groups is 1. The van der Waals surface area contributed by atoms with Crippen molar-refractivity contribution < 1.29 is 33.6 Å². The zero-order valence-corrected chi connectivity index (χ0v) is 20.8. The summed E-state index contributed by atoms with van der Waals surface area (Å²) in [4.78, 5) is 44.6. The number of rotatable bonds is 6. The number of para-hydroxylation sites is 1. The van der Waals surface area contributed by atoms with E-state index in [0.29, 0.717) is 5.56 Å². The van der Waals surface area contributed by atoms with Crippen molar-refractivity contribution >= 4 is 44.8 Å². The van der Waals surface area contributed by atoms with Gasteiger partial charge in [0.05, 0.1) is 33.4 Å². The number of hydrogen-bond acceptors (Lipinski definition) is 8. The van der Waals surface area contributed by atoms with Gasteiger partial charge in [0.25, 0.3) is 11.6 Å². The van der Waals surface area contributed by atoms with E-state index >= 15 is 0 Å². The zero-order valence-electron chi connectivity index (χ0n) is 19.2. The Morgan fingerprint density at radius 2 is 1.89 bits per heavy atom. The van der Waals surface area contributed by atoms with Crippen LogP contribution >= 0.6 is 15.9 Å². The van der Waals surface area contributed by atoms with Gasteiger partial charge >= 0.3 is 0 Å². The first-order chi connectivity index (χ1) is 17.7. The molecule has 2 heterocycles. The zero-order chi connectivity index (χ0) is 26.4. The van der Waals surface area contributed by atoms with Gasteiger partial charge in [0.1, 0.15) is 11.7 Å². The Morgan fingerprint density at radius 1 is 1.14 bits per heavy atom. The number of aromatic hydroxyl groups is 1. The SMILES string of the molecule is CCOc1cc([C@H]2[C@H]3C(=O)N(c4ccccc4F)C(=O)[C@@H]3ON2c2cccc([N+](=O)[O-])c2)cc(Br)c1O.